The fraction of sp³-hybridized carbons (Fsp3) is 1.00. The smallest absolute Gasteiger partial charge is 0.0710 e. The first kappa shape index (κ1) is 14.3. The molecule has 18 heavy (non-hydrogen) atoms. The maximum atomic E-state index is 6.14. The molecule has 3 heteroatoms. The van der Waals surface area contributed by atoms with Crippen LogP contribution < -0.4 is 5.32 Å². The van der Waals surface area contributed by atoms with Gasteiger partial charge >= 0.3 is 0 Å². The molecule has 0 aromatic heterocycles. The molecule has 3 unspecified atom stereocenters. The van der Waals surface area contributed by atoms with Gasteiger partial charge in [0.15, 0.2) is 0 Å². The minimum Gasteiger partial charge on any atom is -0.371 e. The van der Waals surface area contributed by atoms with Crippen LogP contribution in [0.2, 0.25) is 0 Å². The molecule has 0 aromatic rings. The van der Waals surface area contributed by atoms with Crippen molar-refractivity contribution in [2.24, 2.45) is 0 Å². The fourth-order valence-corrected chi connectivity index (χ4v) is 3.13. The van der Waals surface area contributed by atoms with Gasteiger partial charge in [-0.05, 0) is 47.0 Å². The Morgan fingerprint density at radius 1 is 1.33 bits per heavy atom. The Labute approximate surface area is 112 Å². The van der Waals surface area contributed by atoms with Crippen LogP contribution in [0.15, 0.2) is 0 Å². The Balaban J connectivity index is 1.91. The van der Waals surface area contributed by atoms with Gasteiger partial charge in [0, 0.05) is 31.2 Å². The maximum Gasteiger partial charge on any atom is 0.0710 e. The van der Waals surface area contributed by atoms with Crippen molar-refractivity contribution in [3.8, 4) is 0 Å². The van der Waals surface area contributed by atoms with Gasteiger partial charge in [-0.2, -0.15) is 0 Å². The first-order valence-corrected chi connectivity index (χ1v) is 7.50. The second kappa shape index (κ2) is 5.10. The summed E-state index contributed by atoms with van der Waals surface area (Å²) in [7, 11) is 0. The van der Waals surface area contributed by atoms with E-state index >= 15 is 0 Å². The third kappa shape index (κ3) is 3.25. The summed E-state index contributed by atoms with van der Waals surface area (Å²) >= 11 is 0. The number of rotatable bonds is 3. The minimum absolute atomic E-state index is 0.0933. The SMILES string of the molecule is CCC1(C)CN(CC2CCC(C)(C)O2)C(C)CN1. The molecular formula is C15H30N2O. The lowest BCUT2D eigenvalue weighted by Gasteiger charge is -2.45. The molecule has 2 heterocycles. The summed E-state index contributed by atoms with van der Waals surface area (Å²) in [5, 5.41) is 3.68. The van der Waals surface area contributed by atoms with Crippen LogP contribution in [0.3, 0.4) is 0 Å². The summed E-state index contributed by atoms with van der Waals surface area (Å²) in [6, 6.07) is 0.622. The highest BCUT2D eigenvalue weighted by Gasteiger charge is 2.37. The summed E-state index contributed by atoms with van der Waals surface area (Å²) < 4.78 is 6.14. The molecule has 2 aliphatic rings. The lowest BCUT2D eigenvalue weighted by atomic mass is 9.93. The molecule has 0 aliphatic carbocycles. The van der Waals surface area contributed by atoms with Crippen molar-refractivity contribution in [1.29, 1.82) is 0 Å². The summed E-state index contributed by atoms with van der Waals surface area (Å²) in [5.74, 6) is 0. The molecule has 2 fully saturated rings. The molecule has 3 nitrogen and oxygen atoms in total. The highest BCUT2D eigenvalue weighted by molar-refractivity contribution is 4.94. The van der Waals surface area contributed by atoms with E-state index in [-0.39, 0.29) is 11.1 Å². The lowest BCUT2D eigenvalue weighted by Crippen LogP contribution is -2.62. The van der Waals surface area contributed by atoms with Gasteiger partial charge in [-0.3, -0.25) is 4.90 Å². The van der Waals surface area contributed by atoms with Crippen LogP contribution in [0.4, 0.5) is 0 Å². The van der Waals surface area contributed by atoms with Crippen molar-refractivity contribution in [3.63, 3.8) is 0 Å². The summed E-state index contributed by atoms with van der Waals surface area (Å²) in [6.07, 6.45) is 4.03. The highest BCUT2D eigenvalue weighted by Crippen LogP contribution is 2.30. The third-order valence-electron chi connectivity index (χ3n) is 4.77. The van der Waals surface area contributed by atoms with E-state index in [4.69, 9.17) is 4.74 Å². The van der Waals surface area contributed by atoms with Gasteiger partial charge in [0.25, 0.3) is 0 Å². The number of hydrogen-bond acceptors (Lipinski definition) is 3. The third-order valence-corrected chi connectivity index (χ3v) is 4.77. The van der Waals surface area contributed by atoms with Crippen molar-refractivity contribution in [2.45, 2.75) is 77.2 Å². The molecule has 2 aliphatic heterocycles. The van der Waals surface area contributed by atoms with E-state index in [1.54, 1.807) is 0 Å². The van der Waals surface area contributed by atoms with Crippen LogP contribution >= 0.6 is 0 Å². The molecule has 3 atom stereocenters. The van der Waals surface area contributed by atoms with Crippen molar-refractivity contribution in [2.75, 3.05) is 19.6 Å². The molecule has 0 saturated carbocycles. The van der Waals surface area contributed by atoms with Crippen molar-refractivity contribution in [3.05, 3.63) is 0 Å². The molecule has 0 spiro atoms. The number of hydrogen-bond donors (Lipinski definition) is 1. The molecule has 0 bridgehead atoms. The van der Waals surface area contributed by atoms with Crippen LogP contribution in [-0.2, 0) is 4.74 Å². The van der Waals surface area contributed by atoms with E-state index in [0.29, 0.717) is 12.1 Å². The maximum absolute atomic E-state index is 6.14. The number of piperazine rings is 1. The van der Waals surface area contributed by atoms with Crippen LogP contribution in [0.25, 0.3) is 0 Å². The van der Waals surface area contributed by atoms with Crippen molar-refractivity contribution in [1.82, 2.24) is 10.2 Å². The lowest BCUT2D eigenvalue weighted by molar-refractivity contribution is -0.0415. The zero-order chi connectivity index (χ0) is 13.4. The monoisotopic (exact) mass is 254 g/mol. The van der Waals surface area contributed by atoms with Crippen LogP contribution in [0, 0.1) is 0 Å². The van der Waals surface area contributed by atoms with E-state index in [2.05, 4.69) is 44.8 Å². The molecule has 0 radical (unpaired) electrons. The van der Waals surface area contributed by atoms with Crippen LogP contribution in [0.5, 0.6) is 0 Å². The summed E-state index contributed by atoms with van der Waals surface area (Å²) in [6.45, 7) is 14.7. The first-order chi connectivity index (χ1) is 8.34. The van der Waals surface area contributed by atoms with Crippen molar-refractivity contribution >= 4 is 0 Å². The van der Waals surface area contributed by atoms with Gasteiger partial charge in [-0.25, -0.2) is 0 Å². The second-order valence-electron chi connectivity index (χ2n) is 7.11. The zero-order valence-corrected chi connectivity index (χ0v) is 12.8. The van der Waals surface area contributed by atoms with Gasteiger partial charge in [-0.15, -0.1) is 0 Å². The van der Waals surface area contributed by atoms with Crippen LogP contribution in [0.1, 0.15) is 53.9 Å². The number of nitrogens with zero attached hydrogens (tertiary/aromatic N) is 1. The molecule has 0 aromatic carbocycles. The zero-order valence-electron chi connectivity index (χ0n) is 12.8. The Hall–Kier alpha value is -0.120. The Kier molecular flexibility index (Phi) is 4.05. The highest BCUT2D eigenvalue weighted by atomic mass is 16.5. The largest absolute Gasteiger partial charge is 0.371 e. The van der Waals surface area contributed by atoms with E-state index < -0.39 is 0 Å². The van der Waals surface area contributed by atoms with Gasteiger partial charge in [0.2, 0.25) is 0 Å². The Morgan fingerprint density at radius 2 is 2.06 bits per heavy atom. The molecule has 2 rings (SSSR count). The van der Waals surface area contributed by atoms with E-state index in [0.717, 1.165) is 19.6 Å². The molecule has 0 amide bonds. The summed E-state index contributed by atoms with van der Waals surface area (Å²) in [4.78, 5) is 2.62. The average Bonchev–Trinajstić information content (AvgIpc) is 2.64. The quantitative estimate of drug-likeness (QED) is 0.837. The topological polar surface area (TPSA) is 24.5 Å². The Bertz CT molecular complexity index is 292. The predicted molar refractivity (Wildman–Crippen MR) is 75.9 cm³/mol. The molecule has 106 valence electrons. The van der Waals surface area contributed by atoms with Crippen molar-refractivity contribution < 1.29 is 4.74 Å². The van der Waals surface area contributed by atoms with Gasteiger partial charge in [0.1, 0.15) is 0 Å². The Morgan fingerprint density at radius 3 is 2.61 bits per heavy atom. The fourth-order valence-electron chi connectivity index (χ4n) is 3.13. The normalized spacial score (nSPS) is 41.2. The number of nitrogens with one attached hydrogen (secondary N) is 1. The first-order valence-electron chi connectivity index (χ1n) is 7.50. The number of ether oxygens (including phenoxy) is 1. The molecular weight excluding hydrogens is 224 g/mol. The molecule has 2 saturated heterocycles. The summed E-state index contributed by atoms with van der Waals surface area (Å²) in [5.41, 5.74) is 0.372. The average molecular weight is 254 g/mol. The van der Waals surface area contributed by atoms with E-state index in [9.17, 15) is 0 Å². The van der Waals surface area contributed by atoms with E-state index in [1.165, 1.54) is 19.3 Å². The minimum atomic E-state index is 0.0933. The van der Waals surface area contributed by atoms with Crippen LogP contribution in [-0.4, -0.2) is 47.8 Å². The van der Waals surface area contributed by atoms with Gasteiger partial charge < -0.3 is 10.1 Å². The molecule has 1 N–H and O–H groups in total. The van der Waals surface area contributed by atoms with Gasteiger partial charge in [-0.1, -0.05) is 6.92 Å². The second-order valence-corrected chi connectivity index (χ2v) is 7.11. The predicted octanol–water partition coefficient (Wildman–Crippen LogP) is 2.41. The van der Waals surface area contributed by atoms with E-state index in [1.807, 2.05) is 0 Å². The standard InChI is InChI=1S/C15H30N2O/c1-6-15(5)11-17(12(2)9-16-15)10-13-7-8-14(3,4)18-13/h12-13,16H,6-11H2,1-5H3. The van der Waals surface area contributed by atoms with Gasteiger partial charge in [0.05, 0.1) is 11.7 Å².